The molecule has 3 N–H and O–H groups in total. The number of nitrogens with one attached hydrogen (secondary N) is 1. The predicted octanol–water partition coefficient (Wildman–Crippen LogP) is 3.33. The molecule has 2 rings (SSSR count). The van der Waals surface area contributed by atoms with Crippen molar-refractivity contribution >= 4 is 22.3 Å². The van der Waals surface area contributed by atoms with Crippen LogP contribution >= 0.6 is 0 Å². The molecular weight excluding hydrogens is 286 g/mol. The molecule has 0 radical (unpaired) electrons. The molecule has 4 nitrogen and oxygen atoms in total. The van der Waals surface area contributed by atoms with Gasteiger partial charge in [0.05, 0.1) is 11.3 Å². The van der Waals surface area contributed by atoms with Gasteiger partial charge in [-0.05, 0) is 58.5 Å². The number of benzene rings is 1. The fourth-order valence-corrected chi connectivity index (χ4v) is 2.98. The van der Waals surface area contributed by atoms with Gasteiger partial charge in [0.1, 0.15) is 0 Å². The van der Waals surface area contributed by atoms with E-state index in [1.807, 2.05) is 25.1 Å². The predicted molar refractivity (Wildman–Crippen MR) is 97.3 cm³/mol. The first-order valence-electron chi connectivity index (χ1n) is 8.20. The van der Waals surface area contributed by atoms with E-state index in [0.717, 1.165) is 30.6 Å². The second-order valence-corrected chi connectivity index (χ2v) is 6.24. The highest BCUT2D eigenvalue weighted by Gasteiger charge is 2.19. The number of hydrogen-bond acceptors (Lipinski definition) is 3. The van der Waals surface area contributed by atoms with E-state index in [1.54, 1.807) is 6.92 Å². The lowest BCUT2D eigenvalue weighted by atomic mass is 9.97. The van der Waals surface area contributed by atoms with Gasteiger partial charge in [-0.15, -0.1) is 0 Å². The zero-order valence-electron chi connectivity index (χ0n) is 14.6. The third-order valence-electron chi connectivity index (χ3n) is 4.15. The van der Waals surface area contributed by atoms with Crippen LogP contribution in [0.25, 0.3) is 16.5 Å². The van der Waals surface area contributed by atoms with Gasteiger partial charge in [0.15, 0.2) is 5.78 Å². The smallest absolute Gasteiger partial charge is 0.163 e. The number of hydrogen-bond donors (Lipinski definition) is 2. The number of carbonyl (C=O) groups excluding carboxylic acids is 1. The molecule has 0 bridgehead atoms. The van der Waals surface area contributed by atoms with Crippen LogP contribution in [0.2, 0.25) is 0 Å². The molecule has 0 spiro atoms. The summed E-state index contributed by atoms with van der Waals surface area (Å²) in [6.45, 7) is 4.58. The lowest BCUT2D eigenvalue weighted by Gasteiger charge is -2.12. The standard InChI is InChI=1S/C19H27N3O/c1-5-16(20)18(13(2)23)19-15(10-8-12-22(3)4)14-9-6-7-11-17(14)21-19/h6-7,9,11,21H,5,8,10,12,20H2,1-4H3/b18-16+. The minimum atomic E-state index is 0.0183. The summed E-state index contributed by atoms with van der Waals surface area (Å²) in [4.78, 5) is 17.8. The third-order valence-corrected chi connectivity index (χ3v) is 4.15. The molecule has 1 heterocycles. The van der Waals surface area contributed by atoms with Crippen LogP contribution < -0.4 is 5.73 Å². The number of para-hydroxylation sites is 1. The molecule has 0 aliphatic rings. The Hall–Kier alpha value is -2.07. The van der Waals surface area contributed by atoms with Crippen molar-refractivity contribution in [1.82, 2.24) is 9.88 Å². The van der Waals surface area contributed by atoms with Gasteiger partial charge in [0.25, 0.3) is 0 Å². The lowest BCUT2D eigenvalue weighted by Crippen LogP contribution is -2.14. The lowest BCUT2D eigenvalue weighted by molar-refractivity contribution is -0.111. The Morgan fingerprint density at radius 3 is 2.57 bits per heavy atom. The third kappa shape index (κ3) is 3.82. The highest BCUT2D eigenvalue weighted by Crippen LogP contribution is 2.30. The number of nitrogens with zero attached hydrogens (tertiary/aromatic N) is 1. The van der Waals surface area contributed by atoms with Crippen molar-refractivity contribution in [1.29, 1.82) is 0 Å². The van der Waals surface area contributed by atoms with E-state index in [2.05, 4.69) is 30.0 Å². The number of carbonyl (C=O) groups is 1. The average Bonchev–Trinajstić information content (AvgIpc) is 2.85. The Labute approximate surface area is 138 Å². The number of rotatable bonds is 7. The SMILES string of the molecule is CC/C(N)=C(/C(C)=O)c1[nH]c2ccccc2c1CCCN(C)C. The Morgan fingerprint density at radius 1 is 1.26 bits per heavy atom. The molecule has 1 aromatic carbocycles. The van der Waals surface area contributed by atoms with Gasteiger partial charge in [-0.1, -0.05) is 25.1 Å². The molecule has 2 aromatic rings. The monoisotopic (exact) mass is 313 g/mol. The van der Waals surface area contributed by atoms with Crippen LogP contribution in [0, 0.1) is 0 Å². The van der Waals surface area contributed by atoms with Crippen LogP contribution in [0.5, 0.6) is 0 Å². The second kappa shape index (κ2) is 7.47. The van der Waals surface area contributed by atoms with E-state index in [0.29, 0.717) is 17.7 Å². The maximum Gasteiger partial charge on any atom is 0.163 e. The fourth-order valence-electron chi connectivity index (χ4n) is 2.98. The van der Waals surface area contributed by atoms with Crippen LogP contribution in [0.1, 0.15) is 37.9 Å². The summed E-state index contributed by atoms with van der Waals surface area (Å²) in [7, 11) is 4.15. The number of aromatic nitrogens is 1. The average molecular weight is 313 g/mol. The molecule has 0 aliphatic heterocycles. The van der Waals surface area contributed by atoms with Crippen molar-refractivity contribution < 1.29 is 4.79 Å². The first-order valence-corrected chi connectivity index (χ1v) is 8.20. The number of allylic oxidation sites excluding steroid dienone is 2. The molecule has 23 heavy (non-hydrogen) atoms. The molecule has 1 aromatic heterocycles. The summed E-state index contributed by atoms with van der Waals surface area (Å²) < 4.78 is 0. The van der Waals surface area contributed by atoms with Crippen molar-refractivity contribution in [2.45, 2.75) is 33.1 Å². The summed E-state index contributed by atoms with van der Waals surface area (Å²) in [6, 6.07) is 8.21. The molecule has 0 unspecified atom stereocenters. The number of aryl methyl sites for hydroxylation is 1. The normalized spacial score (nSPS) is 12.7. The van der Waals surface area contributed by atoms with E-state index in [9.17, 15) is 4.79 Å². The van der Waals surface area contributed by atoms with Crippen LogP contribution in [0.3, 0.4) is 0 Å². The minimum Gasteiger partial charge on any atom is -0.401 e. The topological polar surface area (TPSA) is 62.1 Å². The summed E-state index contributed by atoms with van der Waals surface area (Å²) in [5.74, 6) is 0.0183. The molecule has 0 fully saturated rings. The number of ketones is 1. The molecular formula is C19H27N3O. The Morgan fingerprint density at radius 2 is 1.96 bits per heavy atom. The fraction of sp³-hybridized carbons (Fsp3) is 0.421. The highest BCUT2D eigenvalue weighted by atomic mass is 16.1. The maximum absolute atomic E-state index is 12.2. The van der Waals surface area contributed by atoms with Crippen molar-refractivity contribution in [2.24, 2.45) is 5.73 Å². The van der Waals surface area contributed by atoms with Crippen molar-refractivity contribution in [3.8, 4) is 0 Å². The zero-order valence-corrected chi connectivity index (χ0v) is 14.6. The van der Waals surface area contributed by atoms with Gasteiger partial charge >= 0.3 is 0 Å². The number of nitrogens with two attached hydrogens (primary N) is 1. The van der Waals surface area contributed by atoms with Gasteiger partial charge in [-0.3, -0.25) is 4.79 Å². The Balaban J connectivity index is 2.55. The van der Waals surface area contributed by atoms with Gasteiger partial charge in [0, 0.05) is 16.6 Å². The maximum atomic E-state index is 12.2. The van der Waals surface area contributed by atoms with E-state index in [4.69, 9.17) is 5.73 Å². The number of Topliss-reactive ketones (excluding diaryl/α,β-unsaturated/α-hetero) is 1. The molecule has 0 amide bonds. The molecule has 124 valence electrons. The summed E-state index contributed by atoms with van der Waals surface area (Å²) >= 11 is 0. The number of aromatic amines is 1. The number of H-pyrrole nitrogens is 1. The molecule has 0 saturated heterocycles. The van der Waals surface area contributed by atoms with Crippen LogP contribution in [-0.2, 0) is 11.2 Å². The second-order valence-electron chi connectivity index (χ2n) is 6.24. The van der Waals surface area contributed by atoms with Gasteiger partial charge < -0.3 is 15.6 Å². The Kier molecular flexibility index (Phi) is 5.61. The van der Waals surface area contributed by atoms with Crippen LogP contribution in [0.4, 0.5) is 0 Å². The van der Waals surface area contributed by atoms with Crippen molar-refractivity contribution in [3.63, 3.8) is 0 Å². The quantitative estimate of drug-likeness (QED) is 0.771. The van der Waals surface area contributed by atoms with Crippen LogP contribution in [0.15, 0.2) is 30.0 Å². The van der Waals surface area contributed by atoms with E-state index >= 15 is 0 Å². The summed E-state index contributed by atoms with van der Waals surface area (Å²) in [5, 5.41) is 1.18. The summed E-state index contributed by atoms with van der Waals surface area (Å²) in [6.07, 6.45) is 2.63. The first-order chi connectivity index (χ1) is 11.0. The van der Waals surface area contributed by atoms with E-state index in [-0.39, 0.29) is 5.78 Å². The molecule has 4 heteroatoms. The van der Waals surface area contributed by atoms with Crippen molar-refractivity contribution in [3.05, 3.63) is 41.2 Å². The van der Waals surface area contributed by atoms with Crippen molar-refractivity contribution in [2.75, 3.05) is 20.6 Å². The van der Waals surface area contributed by atoms with Gasteiger partial charge in [0.2, 0.25) is 0 Å². The van der Waals surface area contributed by atoms with Gasteiger partial charge in [-0.25, -0.2) is 0 Å². The minimum absolute atomic E-state index is 0.0183. The Bertz CT molecular complexity index is 725. The van der Waals surface area contributed by atoms with E-state index < -0.39 is 0 Å². The highest BCUT2D eigenvalue weighted by molar-refractivity contribution is 6.21. The largest absolute Gasteiger partial charge is 0.401 e. The van der Waals surface area contributed by atoms with E-state index in [1.165, 1.54) is 10.9 Å². The van der Waals surface area contributed by atoms with Crippen LogP contribution in [-0.4, -0.2) is 36.3 Å². The zero-order chi connectivity index (χ0) is 17.0. The molecule has 0 atom stereocenters. The first kappa shape index (κ1) is 17.3. The molecule has 0 aliphatic carbocycles. The molecule has 0 saturated carbocycles. The number of fused-ring (bicyclic) bond motifs is 1. The summed E-state index contributed by atoms with van der Waals surface area (Å²) in [5.41, 5.74) is 10.6. The van der Waals surface area contributed by atoms with Gasteiger partial charge in [-0.2, -0.15) is 0 Å².